The van der Waals surface area contributed by atoms with E-state index in [1.165, 1.54) is 0 Å². The first-order valence-electron chi connectivity index (χ1n) is 4.90. The molecule has 0 N–H and O–H groups in total. The first-order chi connectivity index (χ1) is 7.24. The van der Waals surface area contributed by atoms with Gasteiger partial charge in [-0.3, -0.25) is 0 Å². The number of carbonyl (C=O) groups excluding carboxylic acids is 1. The molecule has 2 rings (SSSR count). The molecule has 1 aromatic carbocycles. The van der Waals surface area contributed by atoms with Gasteiger partial charge < -0.3 is 9.36 Å². The molecular weight excluding hydrogens is 210 g/mol. The van der Waals surface area contributed by atoms with Crippen molar-refractivity contribution >= 4 is 28.8 Å². The largest absolute Gasteiger partial charge is 0.349 e. The van der Waals surface area contributed by atoms with Crippen LogP contribution in [0.5, 0.6) is 0 Å². The molecule has 0 aliphatic heterocycles. The summed E-state index contributed by atoms with van der Waals surface area (Å²) in [5.74, 6) is 0. The van der Waals surface area contributed by atoms with E-state index in [0.29, 0.717) is 6.42 Å². The van der Waals surface area contributed by atoms with E-state index in [4.69, 9.17) is 11.6 Å². The highest BCUT2D eigenvalue weighted by Crippen LogP contribution is 2.28. The Morgan fingerprint density at radius 1 is 1.47 bits per heavy atom. The fourth-order valence-corrected chi connectivity index (χ4v) is 2.25. The molecule has 0 fully saturated rings. The lowest BCUT2D eigenvalue weighted by Crippen LogP contribution is -1.89. The van der Waals surface area contributed by atoms with E-state index in [2.05, 4.69) is 0 Å². The van der Waals surface area contributed by atoms with E-state index in [1.807, 2.05) is 36.0 Å². The van der Waals surface area contributed by atoms with E-state index in [1.54, 1.807) is 0 Å². The van der Waals surface area contributed by atoms with Gasteiger partial charge in [0, 0.05) is 30.6 Å². The molecule has 0 saturated heterocycles. The van der Waals surface area contributed by atoms with Crippen molar-refractivity contribution in [2.24, 2.45) is 7.05 Å². The van der Waals surface area contributed by atoms with Crippen LogP contribution in [0.25, 0.3) is 10.9 Å². The second-order valence-corrected chi connectivity index (χ2v) is 4.01. The Hall–Kier alpha value is -1.28. The number of aryl methyl sites for hydroxylation is 2. The van der Waals surface area contributed by atoms with Crippen LogP contribution in [0.1, 0.15) is 12.0 Å². The number of halogens is 1. The molecule has 0 amide bonds. The summed E-state index contributed by atoms with van der Waals surface area (Å²) in [6.07, 6.45) is 4.14. The maximum atomic E-state index is 10.4. The van der Waals surface area contributed by atoms with Gasteiger partial charge in [-0.1, -0.05) is 23.7 Å². The summed E-state index contributed by atoms with van der Waals surface area (Å²) < 4.78 is 2.00. The molecule has 0 radical (unpaired) electrons. The molecule has 78 valence electrons. The van der Waals surface area contributed by atoms with Gasteiger partial charge in [-0.05, 0) is 18.1 Å². The van der Waals surface area contributed by atoms with Gasteiger partial charge in [0.05, 0.1) is 5.02 Å². The first kappa shape index (κ1) is 10.2. The van der Waals surface area contributed by atoms with Crippen molar-refractivity contribution in [2.45, 2.75) is 12.8 Å². The topological polar surface area (TPSA) is 22.0 Å². The zero-order valence-corrected chi connectivity index (χ0v) is 9.29. The highest BCUT2D eigenvalue weighted by atomic mass is 35.5. The minimum atomic E-state index is 0.546. The minimum absolute atomic E-state index is 0.546. The third kappa shape index (κ3) is 1.77. The highest BCUT2D eigenvalue weighted by molar-refractivity contribution is 6.35. The normalized spacial score (nSPS) is 10.8. The van der Waals surface area contributed by atoms with Crippen molar-refractivity contribution in [2.75, 3.05) is 0 Å². The first-order valence-corrected chi connectivity index (χ1v) is 5.28. The molecule has 0 spiro atoms. The second kappa shape index (κ2) is 4.07. The predicted molar refractivity (Wildman–Crippen MR) is 62.3 cm³/mol. The summed E-state index contributed by atoms with van der Waals surface area (Å²) in [4.78, 5) is 10.4. The molecule has 0 aliphatic rings. The summed E-state index contributed by atoms with van der Waals surface area (Å²) in [6.45, 7) is 0. The van der Waals surface area contributed by atoms with Crippen molar-refractivity contribution in [3.8, 4) is 0 Å². The van der Waals surface area contributed by atoms with Crippen LogP contribution in [-0.2, 0) is 18.3 Å². The van der Waals surface area contributed by atoms with Gasteiger partial charge in [0.1, 0.15) is 6.29 Å². The molecule has 1 aromatic heterocycles. The molecule has 0 atom stereocenters. The lowest BCUT2D eigenvalue weighted by atomic mass is 10.1. The van der Waals surface area contributed by atoms with Gasteiger partial charge in [0.25, 0.3) is 0 Å². The Labute approximate surface area is 93.5 Å². The average molecular weight is 222 g/mol. The summed E-state index contributed by atoms with van der Waals surface area (Å²) in [5.41, 5.74) is 2.26. The molecule has 0 bridgehead atoms. The van der Waals surface area contributed by atoms with E-state index >= 15 is 0 Å². The zero-order chi connectivity index (χ0) is 10.8. The number of rotatable bonds is 3. The van der Waals surface area contributed by atoms with E-state index in [9.17, 15) is 4.79 Å². The van der Waals surface area contributed by atoms with Crippen LogP contribution < -0.4 is 0 Å². The fraction of sp³-hybridized carbons (Fsp3) is 0.250. The van der Waals surface area contributed by atoms with Crippen LogP contribution in [0, 0.1) is 0 Å². The molecule has 0 saturated carbocycles. The monoisotopic (exact) mass is 221 g/mol. The molecule has 0 aliphatic carbocycles. The standard InChI is InChI=1S/C12H12ClNO/c1-14-8-10(13)12-9(5-3-7-15)4-2-6-11(12)14/h2,4,6-8H,3,5H2,1H3. The van der Waals surface area contributed by atoms with Crippen LogP contribution >= 0.6 is 11.6 Å². The molecule has 2 nitrogen and oxygen atoms in total. The van der Waals surface area contributed by atoms with E-state index in [-0.39, 0.29) is 0 Å². The Bertz CT molecular complexity index is 502. The Morgan fingerprint density at radius 2 is 2.27 bits per heavy atom. The lowest BCUT2D eigenvalue weighted by molar-refractivity contribution is -0.107. The van der Waals surface area contributed by atoms with Crippen molar-refractivity contribution in [3.63, 3.8) is 0 Å². The lowest BCUT2D eigenvalue weighted by Gasteiger charge is -2.02. The third-order valence-corrected chi connectivity index (χ3v) is 2.87. The molecule has 15 heavy (non-hydrogen) atoms. The van der Waals surface area contributed by atoms with Gasteiger partial charge >= 0.3 is 0 Å². The number of hydrogen-bond donors (Lipinski definition) is 0. The Morgan fingerprint density at radius 3 is 3.00 bits per heavy atom. The second-order valence-electron chi connectivity index (χ2n) is 3.60. The molecule has 1 heterocycles. The Kier molecular flexibility index (Phi) is 2.78. The number of benzene rings is 1. The number of aromatic nitrogens is 1. The van der Waals surface area contributed by atoms with Crippen molar-refractivity contribution in [1.82, 2.24) is 4.57 Å². The quantitative estimate of drug-likeness (QED) is 0.731. The molecule has 3 heteroatoms. The molecular formula is C12H12ClNO. The smallest absolute Gasteiger partial charge is 0.120 e. The van der Waals surface area contributed by atoms with Crippen molar-refractivity contribution in [3.05, 3.63) is 35.0 Å². The summed E-state index contributed by atoms with van der Waals surface area (Å²) in [5, 5.41) is 1.83. The molecule has 0 unspecified atom stereocenters. The third-order valence-electron chi connectivity index (χ3n) is 2.59. The maximum absolute atomic E-state index is 10.4. The summed E-state index contributed by atoms with van der Waals surface area (Å²) in [7, 11) is 1.97. The van der Waals surface area contributed by atoms with Gasteiger partial charge in [-0.25, -0.2) is 0 Å². The SMILES string of the molecule is Cn1cc(Cl)c2c(CCC=O)cccc21. The highest BCUT2D eigenvalue weighted by Gasteiger charge is 2.08. The number of aldehydes is 1. The van der Waals surface area contributed by atoms with Crippen LogP contribution in [0.15, 0.2) is 24.4 Å². The number of carbonyl (C=O) groups is 1. The summed E-state index contributed by atoms with van der Waals surface area (Å²) >= 11 is 6.15. The van der Waals surface area contributed by atoms with E-state index in [0.717, 1.165) is 34.2 Å². The van der Waals surface area contributed by atoms with E-state index < -0.39 is 0 Å². The maximum Gasteiger partial charge on any atom is 0.120 e. The Balaban J connectivity index is 2.58. The van der Waals surface area contributed by atoms with Crippen LogP contribution in [0.2, 0.25) is 5.02 Å². The summed E-state index contributed by atoms with van der Waals surface area (Å²) in [6, 6.07) is 6.06. The van der Waals surface area contributed by atoms with Crippen LogP contribution in [0.4, 0.5) is 0 Å². The van der Waals surface area contributed by atoms with Crippen molar-refractivity contribution in [1.29, 1.82) is 0 Å². The fourth-order valence-electron chi connectivity index (χ4n) is 1.88. The number of hydrogen-bond acceptors (Lipinski definition) is 1. The average Bonchev–Trinajstić information content (AvgIpc) is 2.53. The van der Waals surface area contributed by atoms with Gasteiger partial charge in [0.15, 0.2) is 0 Å². The van der Waals surface area contributed by atoms with Crippen LogP contribution in [-0.4, -0.2) is 10.9 Å². The van der Waals surface area contributed by atoms with Gasteiger partial charge in [0.2, 0.25) is 0 Å². The van der Waals surface area contributed by atoms with Gasteiger partial charge in [-0.15, -0.1) is 0 Å². The predicted octanol–water partition coefficient (Wildman–Crippen LogP) is 2.96. The van der Waals surface area contributed by atoms with Crippen LogP contribution in [0.3, 0.4) is 0 Å². The van der Waals surface area contributed by atoms with Gasteiger partial charge in [-0.2, -0.15) is 0 Å². The van der Waals surface area contributed by atoms with Crippen molar-refractivity contribution < 1.29 is 4.79 Å². The minimum Gasteiger partial charge on any atom is -0.349 e. The number of nitrogens with zero attached hydrogens (tertiary/aromatic N) is 1. The molecule has 2 aromatic rings. The number of fused-ring (bicyclic) bond motifs is 1. The zero-order valence-electron chi connectivity index (χ0n) is 8.53.